The molecule has 3 unspecified atom stereocenters. The molecule has 2 aliphatic rings. The van der Waals surface area contributed by atoms with Crippen molar-refractivity contribution in [2.24, 2.45) is 5.92 Å². The van der Waals surface area contributed by atoms with E-state index in [9.17, 15) is 14.4 Å². The normalized spacial score (nSPS) is 25.9. The van der Waals surface area contributed by atoms with Crippen LogP contribution >= 0.6 is 0 Å². The van der Waals surface area contributed by atoms with Crippen LogP contribution < -0.4 is 5.32 Å². The lowest BCUT2D eigenvalue weighted by Gasteiger charge is -2.33. The fraction of sp³-hybridized carbons (Fsp3) is 0.500. The van der Waals surface area contributed by atoms with Crippen molar-refractivity contribution in [2.45, 2.75) is 31.9 Å². The minimum absolute atomic E-state index is 0.228. The van der Waals surface area contributed by atoms with Crippen molar-refractivity contribution in [3.63, 3.8) is 0 Å². The Morgan fingerprint density at radius 2 is 2.08 bits per heavy atom. The van der Waals surface area contributed by atoms with Gasteiger partial charge >= 0.3 is 12.1 Å². The first-order valence-electron chi connectivity index (χ1n) is 8.57. The van der Waals surface area contributed by atoms with E-state index in [0.717, 1.165) is 12.0 Å². The summed E-state index contributed by atoms with van der Waals surface area (Å²) in [6, 6.07) is 8.39. The van der Waals surface area contributed by atoms with Crippen LogP contribution in [-0.2, 0) is 19.1 Å². The molecular formula is C18H22N2O5. The zero-order valence-corrected chi connectivity index (χ0v) is 14.1. The number of nitrogens with zero attached hydrogens (tertiary/aromatic N) is 1. The Morgan fingerprint density at radius 1 is 1.32 bits per heavy atom. The van der Waals surface area contributed by atoms with Crippen molar-refractivity contribution in [3.05, 3.63) is 35.9 Å². The lowest BCUT2D eigenvalue weighted by Crippen LogP contribution is -2.51. The zero-order chi connectivity index (χ0) is 17.8. The summed E-state index contributed by atoms with van der Waals surface area (Å²) in [4.78, 5) is 38.2. The third-order valence-electron chi connectivity index (χ3n) is 4.56. The van der Waals surface area contributed by atoms with Crippen LogP contribution in [0.15, 0.2) is 30.3 Å². The predicted molar refractivity (Wildman–Crippen MR) is 88.5 cm³/mol. The van der Waals surface area contributed by atoms with E-state index in [2.05, 4.69) is 5.32 Å². The number of carbonyl (C=O) groups excluding carboxylic acids is 3. The monoisotopic (exact) mass is 346 g/mol. The number of cyclic esters (lactones) is 1. The fourth-order valence-corrected chi connectivity index (χ4v) is 3.34. The molecule has 1 aromatic carbocycles. The van der Waals surface area contributed by atoms with Gasteiger partial charge in [-0.3, -0.25) is 9.59 Å². The van der Waals surface area contributed by atoms with E-state index in [1.165, 1.54) is 0 Å². The van der Waals surface area contributed by atoms with Gasteiger partial charge in [0, 0.05) is 13.1 Å². The summed E-state index contributed by atoms with van der Waals surface area (Å²) < 4.78 is 10.4. The van der Waals surface area contributed by atoms with Crippen LogP contribution in [-0.4, -0.2) is 48.6 Å². The highest BCUT2D eigenvalue weighted by atomic mass is 16.6. The molecule has 2 saturated heterocycles. The Labute approximate surface area is 146 Å². The summed E-state index contributed by atoms with van der Waals surface area (Å²) >= 11 is 0. The van der Waals surface area contributed by atoms with E-state index >= 15 is 0 Å². The van der Waals surface area contributed by atoms with E-state index in [0.29, 0.717) is 26.1 Å². The lowest BCUT2D eigenvalue weighted by molar-refractivity contribution is -0.151. The molecular weight excluding hydrogens is 324 g/mol. The molecule has 134 valence electrons. The molecule has 3 atom stereocenters. The molecule has 2 heterocycles. The molecule has 0 spiro atoms. The van der Waals surface area contributed by atoms with E-state index in [4.69, 9.17) is 9.47 Å². The van der Waals surface area contributed by atoms with Crippen molar-refractivity contribution in [2.75, 3.05) is 19.7 Å². The first-order valence-corrected chi connectivity index (χ1v) is 8.57. The molecule has 2 aliphatic heterocycles. The maximum absolute atomic E-state index is 12.9. The molecule has 2 fully saturated rings. The first-order chi connectivity index (χ1) is 12.1. The second-order valence-corrected chi connectivity index (χ2v) is 6.23. The molecule has 2 amide bonds. The number of piperidine rings is 1. The van der Waals surface area contributed by atoms with Gasteiger partial charge in [-0.25, -0.2) is 4.79 Å². The molecule has 0 radical (unpaired) electrons. The van der Waals surface area contributed by atoms with Gasteiger partial charge in [-0.05, 0) is 25.3 Å². The van der Waals surface area contributed by atoms with E-state index in [1.807, 2.05) is 30.3 Å². The van der Waals surface area contributed by atoms with E-state index in [1.54, 1.807) is 11.8 Å². The van der Waals surface area contributed by atoms with Crippen LogP contribution in [0.3, 0.4) is 0 Å². The Kier molecular flexibility index (Phi) is 5.21. The third-order valence-corrected chi connectivity index (χ3v) is 4.56. The van der Waals surface area contributed by atoms with Crippen LogP contribution in [0.1, 0.15) is 31.4 Å². The number of rotatable bonds is 4. The average Bonchev–Trinajstić information content (AvgIpc) is 3.04. The Hall–Kier alpha value is -2.57. The second-order valence-electron chi connectivity index (χ2n) is 6.23. The number of nitrogens with one attached hydrogen (secondary N) is 1. The number of esters is 1. The highest BCUT2D eigenvalue weighted by molar-refractivity contribution is 5.89. The molecule has 3 rings (SSSR count). The standard InChI is InChI=1S/C18H22N2O5/c1-2-24-17(22)13-9-6-10-20(11-13)16(21)14-15(25-18(23)19-14)12-7-4-3-5-8-12/h3-5,7-8,13-15H,2,6,9-11H2,1H3,(H,19,23). The van der Waals surface area contributed by atoms with Crippen LogP contribution in [0.5, 0.6) is 0 Å². The van der Waals surface area contributed by atoms with Crippen LogP contribution in [0.2, 0.25) is 0 Å². The van der Waals surface area contributed by atoms with Gasteiger partial charge in [0.15, 0.2) is 12.1 Å². The topological polar surface area (TPSA) is 84.9 Å². The maximum atomic E-state index is 12.9. The summed E-state index contributed by atoms with van der Waals surface area (Å²) in [5.41, 5.74) is 0.762. The number of amides is 2. The largest absolute Gasteiger partial charge is 0.466 e. The Morgan fingerprint density at radius 3 is 2.80 bits per heavy atom. The van der Waals surface area contributed by atoms with Crippen molar-refractivity contribution < 1.29 is 23.9 Å². The van der Waals surface area contributed by atoms with Crippen LogP contribution in [0.4, 0.5) is 4.79 Å². The molecule has 0 aromatic heterocycles. The van der Waals surface area contributed by atoms with E-state index in [-0.39, 0.29) is 17.8 Å². The van der Waals surface area contributed by atoms with Crippen LogP contribution in [0.25, 0.3) is 0 Å². The molecule has 0 saturated carbocycles. The highest BCUT2D eigenvalue weighted by Gasteiger charge is 2.43. The predicted octanol–water partition coefficient (Wildman–Crippen LogP) is 1.64. The molecule has 0 aliphatic carbocycles. The third kappa shape index (κ3) is 3.75. The molecule has 7 heteroatoms. The van der Waals surface area contributed by atoms with Gasteiger partial charge in [0.05, 0.1) is 12.5 Å². The number of likely N-dealkylation sites (tertiary alicyclic amines) is 1. The zero-order valence-electron chi connectivity index (χ0n) is 14.1. The van der Waals surface area contributed by atoms with Crippen molar-refractivity contribution in [3.8, 4) is 0 Å². The number of carbonyl (C=O) groups is 3. The second kappa shape index (κ2) is 7.55. The average molecular weight is 346 g/mol. The SMILES string of the molecule is CCOC(=O)C1CCCN(C(=O)C2NC(=O)OC2c2ccccc2)C1. The number of hydrogen-bond acceptors (Lipinski definition) is 5. The summed E-state index contributed by atoms with van der Waals surface area (Å²) in [5.74, 6) is -0.814. The van der Waals surface area contributed by atoms with Gasteiger partial charge in [0.2, 0.25) is 5.91 Å². The number of benzene rings is 1. The summed E-state index contributed by atoms with van der Waals surface area (Å²) in [7, 11) is 0. The van der Waals surface area contributed by atoms with Crippen molar-refractivity contribution >= 4 is 18.0 Å². The minimum Gasteiger partial charge on any atom is -0.466 e. The number of ether oxygens (including phenoxy) is 2. The Balaban J connectivity index is 1.72. The first kappa shape index (κ1) is 17.3. The minimum atomic E-state index is -0.782. The summed E-state index contributed by atoms with van der Waals surface area (Å²) in [6.45, 7) is 2.96. The van der Waals surface area contributed by atoms with Crippen LogP contribution in [0, 0.1) is 5.92 Å². The highest BCUT2D eigenvalue weighted by Crippen LogP contribution is 2.29. The van der Waals surface area contributed by atoms with Gasteiger partial charge in [-0.1, -0.05) is 30.3 Å². The van der Waals surface area contributed by atoms with Gasteiger partial charge in [-0.2, -0.15) is 0 Å². The van der Waals surface area contributed by atoms with Gasteiger partial charge in [0.1, 0.15) is 0 Å². The number of hydrogen-bond donors (Lipinski definition) is 1. The van der Waals surface area contributed by atoms with E-state index < -0.39 is 18.2 Å². The van der Waals surface area contributed by atoms with Gasteiger partial charge in [-0.15, -0.1) is 0 Å². The lowest BCUT2D eigenvalue weighted by atomic mass is 9.96. The molecule has 1 N–H and O–H groups in total. The number of alkyl carbamates (subject to hydrolysis) is 1. The molecule has 1 aromatic rings. The summed E-state index contributed by atoms with van der Waals surface area (Å²) in [5, 5.41) is 2.60. The quantitative estimate of drug-likeness (QED) is 0.838. The van der Waals surface area contributed by atoms with Gasteiger partial charge in [0.25, 0.3) is 0 Å². The smallest absolute Gasteiger partial charge is 0.408 e. The molecule has 7 nitrogen and oxygen atoms in total. The summed E-state index contributed by atoms with van der Waals surface area (Å²) in [6.07, 6.45) is 0.167. The fourth-order valence-electron chi connectivity index (χ4n) is 3.34. The van der Waals surface area contributed by atoms with Gasteiger partial charge < -0.3 is 19.7 Å². The molecule has 0 bridgehead atoms. The van der Waals surface area contributed by atoms with Crippen molar-refractivity contribution in [1.29, 1.82) is 0 Å². The van der Waals surface area contributed by atoms with Crippen molar-refractivity contribution in [1.82, 2.24) is 10.2 Å². The maximum Gasteiger partial charge on any atom is 0.408 e. The Bertz CT molecular complexity index is 648. The molecule has 25 heavy (non-hydrogen) atoms.